The van der Waals surface area contributed by atoms with Gasteiger partial charge < -0.3 is 9.84 Å². The fourth-order valence-corrected chi connectivity index (χ4v) is 3.55. The van der Waals surface area contributed by atoms with Gasteiger partial charge >= 0.3 is 0 Å². The summed E-state index contributed by atoms with van der Waals surface area (Å²) in [5, 5.41) is 20.8. The second-order valence-corrected chi connectivity index (χ2v) is 7.53. The Balaban J connectivity index is 2.09. The van der Waals surface area contributed by atoms with E-state index in [1.54, 1.807) is 31.2 Å². The Hall–Kier alpha value is -3.63. The van der Waals surface area contributed by atoms with Crippen LogP contribution >= 0.6 is 11.6 Å². The highest BCUT2D eigenvalue weighted by atomic mass is 35.5. The number of aromatic hydroxyl groups is 1. The molecule has 0 spiro atoms. The van der Waals surface area contributed by atoms with Crippen LogP contribution in [0.25, 0.3) is 0 Å². The number of hydrogen-bond acceptors (Lipinski definition) is 5. The third-order valence-electron chi connectivity index (χ3n) is 5.09. The van der Waals surface area contributed by atoms with Gasteiger partial charge in [-0.3, -0.25) is 14.2 Å². The number of aromatic nitrogens is 1. The summed E-state index contributed by atoms with van der Waals surface area (Å²) in [5.74, 6) is -1.35. The summed E-state index contributed by atoms with van der Waals surface area (Å²) in [6, 6.07) is 13.8. The molecule has 1 N–H and O–H groups in total. The highest BCUT2D eigenvalue weighted by molar-refractivity contribution is 6.31. The molecule has 2 aromatic carbocycles. The summed E-state index contributed by atoms with van der Waals surface area (Å²) in [4.78, 5) is 26.2. The molecule has 1 aromatic heterocycles. The van der Waals surface area contributed by atoms with Gasteiger partial charge in [-0.05, 0) is 54.8 Å². The Morgan fingerprint density at radius 1 is 1.25 bits per heavy atom. The molecule has 1 heterocycles. The van der Waals surface area contributed by atoms with Crippen molar-refractivity contribution in [2.45, 2.75) is 32.9 Å². The number of rotatable bonds is 7. The molecule has 164 valence electrons. The summed E-state index contributed by atoms with van der Waals surface area (Å²) in [6.07, 6.45) is -0.788. The summed E-state index contributed by atoms with van der Waals surface area (Å²) < 4.78 is 19.8. The highest BCUT2D eigenvalue weighted by Crippen LogP contribution is 2.27. The molecule has 0 saturated carbocycles. The van der Waals surface area contributed by atoms with Gasteiger partial charge in [0.05, 0.1) is 12.1 Å². The van der Waals surface area contributed by atoms with Gasteiger partial charge in [0.1, 0.15) is 23.2 Å². The number of Topliss-reactive ketones (excluding diaryl/α,β-unsaturated/α-hetero) is 1. The van der Waals surface area contributed by atoms with E-state index in [0.29, 0.717) is 10.6 Å². The van der Waals surface area contributed by atoms with Crippen LogP contribution in [0.3, 0.4) is 0 Å². The number of hydrogen-bond donors (Lipinski definition) is 1. The zero-order valence-corrected chi connectivity index (χ0v) is 18.2. The number of ether oxygens (including phenoxy) is 1. The maximum atomic E-state index is 13.3. The summed E-state index contributed by atoms with van der Waals surface area (Å²) in [6.45, 7) is 3.01. The molecule has 0 amide bonds. The van der Waals surface area contributed by atoms with Crippen LogP contribution < -0.4 is 10.3 Å². The number of benzene rings is 2. The molecule has 0 radical (unpaired) electrons. The lowest BCUT2D eigenvalue weighted by Crippen LogP contribution is -2.32. The number of carbonyl (C=O) groups is 1. The van der Waals surface area contributed by atoms with Crippen molar-refractivity contribution in [3.05, 3.63) is 92.0 Å². The third-order valence-corrected chi connectivity index (χ3v) is 5.46. The fourth-order valence-electron chi connectivity index (χ4n) is 3.35. The van der Waals surface area contributed by atoms with E-state index >= 15 is 0 Å². The van der Waals surface area contributed by atoms with Crippen LogP contribution in [0.15, 0.2) is 53.3 Å². The average molecular weight is 455 g/mol. The normalized spacial score (nSPS) is 11.6. The maximum Gasteiger partial charge on any atom is 0.271 e. The van der Waals surface area contributed by atoms with Gasteiger partial charge in [0.2, 0.25) is 11.7 Å². The Bertz CT molecular complexity index is 1260. The van der Waals surface area contributed by atoms with E-state index in [-0.39, 0.29) is 35.4 Å². The van der Waals surface area contributed by atoms with Gasteiger partial charge in [-0.2, -0.15) is 5.26 Å². The number of halogens is 2. The Morgan fingerprint density at radius 2 is 1.91 bits per heavy atom. The molecule has 1 unspecified atom stereocenters. The first-order chi connectivity index (χ1) is 15.3. The first kappa shape index (κ1) is 23.0. The predicted molar refractivity (Wildman–Crippen MR) is 118 cm³/mol. The van der Waals surface area contributed by atoms with E-state index in [1.165, 1.54) is 31.2 Å². The number of nitrogens with zero attached hydrogens (tertiary/aromatic N) is 2. The minimum atomic E-state index is -1.03. The van der Waals surface area contributed by atoms with E-state index in [0.717, 1.165) is 4.57 Å². The fraction of sp³-hybridized carbons (Fsp3) is 0.208. The lowest BCUT2D eigenvalue weighted by Gasteiger charge is -2.20. The second kappa shape index (κ2) is 9.67. The van der Waals surface area contributed by atoms with Crippen LogP contribution in [0.4, 0.5) is 4.39 Å². The smallest absolute Gasteiger partial charge is 0.271 e. The Morgan fingerprint density at radius 3 is 2.50 bits per heavy atom. The van der Waals surface area contributed by atoms with Gasteiger partial charge in [-0.15, -0.1) is 0 Å². The van der Waals surface area contributed by atoms with Crippen molar-refractivity contribution in [2.75, 3.05) is 0 Å². The number of ketones is 1. The zero-order chi connectivity index (χ0) is 23.4. The topological polar surface area (TPSA) is 92.3 Å². The molecule has 6 nitrogen and oxygen atoms in total. The van der Waals surface area contributed by atoms with Crippen molar-refractivity contribution in [2.24, 2.45) is 0 Å². The summed E-state index contributed by atoms with van der Waals surface area (Å²) in [7, 11) is 0. The molecule has 3 rings (SSSR count). The van der Waals surface area contributed by atoms with Crippen LogP contribution in [0.1, 0.15) is 40.4 Å². The molecule has 0 aliphatic carbocycles. The largest absolute Gasteiger partial charge is 0.494 e. The predicted octanol–water partition coefficient (Wildman–Crippen LogP) is 4.62. The second-order valence-electron chi connectivity index (χ2n) is 7.13. The van der Waals surface area contributed by atoms with Gasteiger partial charge in [-0.25, -0.2) is 4.39 Å². The first-order valence-corrected chi connectivity index (χ1v) is 10.2. The van der Waals surface area contributed by atoms with Gasteiger partial charge in [-0.1, -0.05) is 36.7 Å². The molecule has 3 aromatic rings. The molecule has 0 bridgehead atoms. The van der Waals surface area contributed by atoms with Gasteiger partial charge in [0.25, 0.3) is 5.56 Å². The quantitative estimate of drug-likeness (QED) is 0.526. The van der Waals surface area contributed by atoms with Crippen molar-refractivity contribution < 1.29 is 19.0 Å². The van der Waals surface area contributed by atoms with E-state index in [9.17, 15) is 24.3 Å². The van der Waals surface area contributed by atoms with Crippen molar-refractivity contribution in [1.29, 1.82) is 5.26 Å². The molecule has 32 heavy (non-hydrogen) atoms. The third kappa shape index (κ3) is 4.51. The molecular formula is C24H20ClFN2O4. The number of nitriles is 1. The van der Waals surface area contributed by atoms with Crippen LogP contribution in [0.2, 0.25) is 5.02 Å². The highest BCUT2D eigenvalue weighted by Gasteiger charge is 2.29. The molecule has 8 heteroatoms. The molecule has 0 aliphatic rings. The SMILES string of the molecule is CCC(Oc1ccc(F)cc1)C(=O)c1c(C)c(C#N)c(=O)n(Cc2ccccc2Cl)c1O. The molecular weight excluding hydrogens is 435 g/mol. The van der Waals surface area contributed by atoms with Crippen molar-refractivity contribution in [1.82, 2.24) is 4.57 Å². The Labute approximate surface area is 189 Å². The molecule has 0 fully saturated rings. The zero-order valence-electron chi connectivity index (χ0n) is 17.4. The van der Waals surface area contributed by atoms with Crippen LogP contribution in [-0.2, 0) is 6.54 Å². The van der Waals surface area contributed by atoms with Crippen molar-refractivity contribution >= 4 is 17.4 Å². The van der Waals surface area contributed by atoms with Crippen molar-refractivity contribution in [3.63, 3.8) is 0 Å². The average Bonchev–Trinajstić information content (AvgIpc) is 2.77. The van der Waals surface area contributed by atoms with Crippen LogP contribution in [0, 0.1) is 24.1 Å². The monoisotopic (exact) mass is 454 g/mol. The Kier molecular flexibility index (Phi) is 6.96. The number of carbonyl (C=O) groups excluding carboxylic acids is 1. The minimum absolute atomic E-state index is 0.0663. The summed E-state index contributed by atoms with van der Waals surface area (Å²) in [5.41, 5.74) is -0.563. The maximum absolute atomic E-state index is 13.3. The van der Waals surface area contributed by atoms with E-state index in [2.05, 4.69) is 0 Å². The van der Waals surface area contributed by atoms with E-state index in [4.69, 9.17) is 16.3 Å². The summed E-state index contributed by atoms with van der Waals surface area (Å²) >= 11 is 6.18. The van der Waals surface area contributed by atoms with E-state index in [1.807, 2.05) is 6.07 Å². The minimum Gasteiger partial charge on any atom is -0.494 e. The van der Waals surface area contributed by atoms with E-state index < -0.39 is 29.1 Å². The van der Waals surface area contributed by atoms with Crippen molar-refractivity contribution in [3.8, 4) is 17.7 Å². The molecule has 0 aliphatic heterocycles. The molecule has 0 saturated heterocycles. The first-order valence-electron chi connectivity index (χ1n) is 9.84. The lowest BCUT2D eigenvalue weighted by molar-refractivity contribution is 0.0781. The standard InChI is InChI=1S/C24H20ClFN2O4/c1-3-20(32-17-10-8-16(26)9-11-17)22(29)21-14(2)18(12-27)23(30)28(24(21)31)13-15-6-4-5-7-19(15)25/h4-11,20,31H,3,13H2,1-2H3. The van der Waals surface area contributed by atoms with Crippen LogP contribution in [0.5, 0.6) is 11.6 Å². The number of pyridine rings is 1. The van der Waals surface area contributed by atoms with Gasteiger partial charge in [0, 0.05) is 5.02 Å². The van der Waals surface area contributed by atoms with Gasteiger partial charge in [0.15, 0.2) is 6.10 Å². The van der Waals surface area contributed by atoms with Crippen LogP contribution in [-0.4, -0.2) is 21.6 Å². The molecule has 1 atom stereocenters. The lowest BCUT2D eigenvalue weighted by atomic mass is 9.97.